The Morgan fingerprint density at radius 1 is 1.19 bits per heavy atom. The number of thioether (sulfide) groups is 1. The number of nitrogens with zero attached hydrogens (tertiary/aromatic N) is 3. The van der Waals surface area contributed by atoms with Crippen molar-refractivity contribution in [2.24, 2.45) is 0 Å². The second kappa shape index (κ2) is 9.87. The molecule has 0 radical (unpaired) electrons. The third-order valence-corrected chi connectivity index (χ3v) is 6.40. The van der Waals surface area contributed by atoms with E-state index in [2.05, 4.69) is 32.5 Å². The zero-order chi connectivity index (χ0) is 21.6. The van der Waals surface area contributed by atoms with Crippen LogP contribution < -0.4 is 15.0 Å². The Hall–Kier alpha value is -3.00. The maximum absolute atomic E-state index is 13.0. The van der Waals surface area contributed by atoms with Crippen LogP contribution in [0.25, 0.3) is 0 Å². The molecule has 31 heavy (non-hydrogen) atoms. The molecule has 8 heteroatoms. The molecule has 0 atom stereocenters. The molecule has 2 heterocycles. The van der Waals surface area contributed by atoms with Crippen LogP contribution in [0.1, 0.15) is 34.9 Å². The standard InChI is InChI=1S/C23H26N4O3S/c1-16-24-22(26-30-16)15-31-21-6-4-3-5-20(21)23(28)25-17-11-13-27(14-12-17)18-7-9-19(29-2)10-8-18/h3-10,17H,11-15H2,1-2H3,(H,25,28). The van der Waals surface area contributed by atoms with Crippen LogP contribution in [-0.4, -0.2) is 42.3 Å². The van der Waals surface area contributed by atoms with Gasteiger partial charge in [0.1, 0.15) is 5.75 Å². The van der Waals surface area contributed by atoms with E-state index in [9.17, 15) is 4.79 Å². The summed E-state index contributed by atoms with van der Waals surface area (Å²) in [5.41, 5.74) is 1.87. The molecule has 2 aromatic carbocycles. The quantitative estimate of drug-likeness (QED) is 0.557. The third kappa shape index (κ3) is 5.38. The van der Waals surface area contributed by atoms with E-state index >= 15 is 0 Å². The largest absolute Gasteiger partial charge is 0.497 e. The highest BCUT2D eigenvalue weighted by molar-refractivity contribution is 7.98. The first-order chi connectivity index (χ1) is 15.1. The SMILES string of the molecule is COc1ccc(N2CCC(NC(=O)c3ccccc3SCc3noc(C)n3)CC2)cc1. The Kier molecular flexibility index (Phi) is 6.76. The van der Waals surface area contributed by atoms with Crippen LogP contribution in [0, 0.1) is 6.92 Å². The lowest BCUT2D eigenvalue weighted by molar-refractivity contribution is 0.0928. The number of hydrogen-bond acceptors (Lipinski definition) is 7. The zero-order valence-corrected chi connectivity index (χ0v) is 18.5. The van der Waals surface area contributed by atoms with Gasteiger partial charge in [-0.1, -0.05) is 17.3 Å². The smallest absolute Gasteiger partial charge is 0.252 e. The Balaban J connectivity index is 1.32. The molecule has 1 aromatic heterocycles. The number of carbonyl (C=O) groups excluding carboxylic acids is 1. The average Bonchev–Trinajstić information content (AvgIpc) is 3.23. The molecule has 4 rings (SSSR count). The molecule has 3 aromatic rings. The van der Waals surface area contributed by atoms with E-state index in [1.165, 1.54) is 5.69 Å². The van der Waals surface area contributed by atoms with Crippen molar-refractivity contribution >= 4 is 23.4 Å². The fourth-order valence-electron chi connectivity index (χ4n) is 3.66. The third-order valence-electron chi connectivity index (χ3n) is 5.33. The summed E-state index contributed by atoms with van der Waals surface area (Å²) in [4.78, 5) is 20.5. The van der Waals surface area contributed by atoms with E-state index in [0.29, 0.717) is 23.0 Å². The Bertz CT molecular complexity index is 1010. The number of carbonyl (C=O) groups is 1. The lowest BCUT2D eigenvalue weighted by Gasteiger charge is -2.34. The molecule has 0 unspecified atom stereocenters. The first-order valence-corrected chi connectivity index (χ1v) is 11.3. The van der Waals surface area contributed by atoms with Crippen LogP contribution in [0.4, 0.5) is 5.69 Å². The normalized spacial score (nSPS) is 14.5. The van der Waals surface area contributed by atoms with Crippen molar-refractivity contribution in [1.82, 2.24) is 15.5 Å². The van der Waals surface area contributed by atoms with E-state index in [4.69, 9.17) is 9.26 Å². The number of methoxy groups -OCH3 is 1. The Morgan fingerprint density at radius 3 is 2.61 bits per heavy atom. The summed E-state index contributed by atoms with van der Waals surface area (Å²) >= 11 is 1.54. The van der Waals surface area contributed by atoms with Crippen molar-refractivity contribution in [3.8, 4) is 5.75 Å². The molecule has 1 amide bonds. The average molecular weight is 439 g/mol. The summed E-state index contributed by atoms with van der Waals surface area (Å²) in [7, 11) is 1.67. The molecule has 1 aliphatic heterocycles. The van der Waals surface area contributed by atoms with Gasteiger partial charge in [-0.3, -0.25) is 4.79 Å². The van der Waals surface area contributed by atoms with E-state index < -0.39 is 0 Å². The van der Waals surface area contributed by atoms with Crippen LogP contribution >= 0.6 is 11.8 Å². The minimum Gasteiger partial charge on any atom is -0.497 e. The number of benzene rings is 2. The van der Waals surface area contributed by atoms with Gasteiger partial charge in [0.15, 0.2) is 5.82 Å². The maximum atomic E-state index is 13.0. The molecule has 1 N–H and O–H groups in total. The molecular formula is C23H26N4O3S. The van der Waals surface area contributed by atoms with E-state index in [-0.39, 0.29) is 11.9 Å². The molecule has 0 spiro atoms. The summed E-state index contributed by atoms with van der Waals surface area (Å²) in [6, 6.07) is 15.9. The number of piperidine rings is 1. The topological polar surface area (TPSA) is 80.5 Å². The fraction of sp³-hybridized carbons (Fsp3) is 0.348. The predicted octanol–water partition coefficient (Wildman–Crippen LogP) is 4.08. The highest BCUT2D eigenvalue weighted by Gasteiger charge is 2.22. The monoisotopic (exact) mass is 438 g/mol. The second-order valence-electron chi connectivity index (χ2n) is 7.45. The zero-order valence-electron chi connectivity index (χ0n) is 17.7. The van der Waals surface area contributed by atoms with Gasteiger partial charge >= 0.3 is 0 Å². The van der Waals surface area contributed by atoms with Crippen molar-refractivity contribution in [2.75, 3.05) is 25.1 Å². The van der Waals surface area contributed by atoms with Crippen molar-refractivity contribution in [1.29, 1.82) is 0 Å². The first-order valence-electron chi connectivity index (χ1n) is 10.3. The van der Waals surface area contributed by atoms with E-state index in [1.54, 1.807) is 25.8 Å². The molecule has 0 saturated carbocycles. The summed E-state index contributed by atoms with van der Waals surface area (Å²) < 4.78 is 10.3. The van der Waals surface area contributed by atoms with Crippen LogP contribution in [-0.2, 0) is 5.75 Å². The summed E-state index contributed by atoms with van der Waals surface area (Å²) in [5.74, 6) is 2.56. The van der Waals surface area contributed by atoms with E-state index in [1.807, 2.05) is 36.4 Å². The van der Waals surface area contributed by atoms with Gasteiger partial charge in [-0.05, 0) is 49.2 Å². The van der Waals surface area contributed by atoms with Crippen molar-refractivity contribution < 1.29 is 14.1 Å². The number of aromatic nitrogens is 2. The van der Waals surface area contributed by atoms with Crippen molar-refractivity contribution in [2.45, 2.75) is 36.5 Å². The summed E-state index contributed by atoms with van der Waals surface area (Å²) in [5, 5.41) is 7.14. The number of nitrogens with one attached hydrogen (secondary N) is 1. The Morgan fingerprint density at radius 2 is 1.94 bits per heavy atom. The molecule has 1 fully saturated rings. The van der Waals surface area contributed by atoms with Gasteiger partial charge < -0.3 is 19.5 Å². The molecule has 162 valence electrons. The maximum Gasteiger partial charge on any atom is 0.252 e. The van der Waals surface area contributed by atoms with Crippen LogP contribution in [0.2, 0.25) is 0 Å². The van der Waals surface area contributed by atoms with Crippen LogP contribution in [0.3, 0.4) is 0 Å². The lowest BCUT2D eigenvalue weighted by Crippen LogP contribution is -2.44. The molecule has 0 bridgehead atoms. The number of rotatable bonds is 7. The number of hydrogen-bond donors (Lipinski definition) is 1. The first kappa shape index (κ1) is 21.2. The molecule has 1 aliphatic rings. The highest BCUT2D eigenvalue weighted by atomic mass is 32.2. The number of anilines is 1. The summed E-state index contributed by atoms with van der Waals surface area (Å²) in [6.07, 6.45) is 1.82. The molecular weight excluding hydrogens is 412 g/mol. The fourth-order valence-corrected chi connectivity index (χ4v) is 4.55. The van der Waals surface area contributed by atoms with Gasteiger partial charge in [0.05, 0.1) is 18.4 Å². The molecule has 7 nitrogen and oxygen atoms in total. The number of aryl methyl sites for hydroxylation is 1. The number of ether oxygens (including phenoxy) is 1. The van der Waals surface area contributed by atoms with Gasteiger partial charge in [0, 0.05) is 36.6 Å². The summed E-state index contributed by atoms with van der Waals surface area (Å²) in [6.45, 7) is 3.58. The minimum atomic E-state index is -0.0321. The van der Waals surface area contributed by atoms with Gasteiger partial charge in [-0.2, -0.15) is 4.98 Å². The Labute approximate surface area is 186 Å². The van der Waals surface area contributed by atoms with Crippen LogP contribution in [0.5, 0.6) is 5.75 Å². The highest BCUT2D eigenvalue weighted by Crippen LogP contribution is 2.27. The van der Waals surface area contributed by atoms with Crippen molar-refractivity contribution in [3.05, 3.63) is 65.8 Å². The van der Waals surface area contributed by atoms with Gasteiger partial charge in [0.25, 0.3) is 5.91 Å². The minimum absolute atomic E-state index is 0.0321. The van der Waals surface area contributed by atoms with Gasteiger partial charge in [-0.15, -0.1) is 11.8 Å². The van der Waals surface area contributed by atoms with Crippen molar-refractivity contribution in [3.63, 3.8) is 0 Å². The molecule has 1 saturated heterocycles. The number of amides is 1. The van der Waals surface area contributed by atoms with Gasteiger partial charge in [-0.25, -0.2) is 0 Å². The second-order valence-corrected chi connectivity index (χ2v) is 8.46. The molecule has 0 aliphatic carbocycles. The van der Waals surface area contributed by atoms with E-state index in [0.717, 1.165) is 36.6 Å². The lowest BCUT2D eigenvalue weighted by atomic mass is 10.0. The van der Waals surface area contributed by atoms with Gasteiger partial charge in [0.2, 0.25) is 5.89 Å². The predicted molar refractivity (Wildman–Crippen MR) is 121 cm³/mol. The van der Waals surface area contributed by atoms with Crippen LogP contribution in [0.15, 0.2) is 57.9 Å².